The van der Waals surface area contributed by atoms with Crippen LogP contribution in [0.15, 0.2) is 18.2 Å². The summed E-state index contributed by atoms with van der Waals surface area (Å²) in [5, 5.41) is 3.45. The van der Waals surface area contributed by atoms with Gasteiger partial charge in [-0.1, -0.05) is 19.9 Å². The molecule has 4 heteroatoms. The fourth-order valence-electron chi connectivity index (χ4n) is 2.73. The van der Waals surface area contributed by atoms with Gasteiger partial charge in [-0.05, 0) is 38.8 Å². The zero-order chi connectivity index (χ0) is 15.5. The summed E-state index contributed by atoms with van der Waals surface area (Å²) in [4.78, 5) is 9.71. The van der Waals surface area contributed by atoms with Crippen LogP contribution in [-0.2, 0) is 0 Å². The van der Waals surface area contributed by atoms with Gasteiger partial charge in [-0.25, -0.2) is 4.98 Å². The van der Waals surface area contributed by atoms with Crippen molar-refractivity contribution in [2.45, 2.75) is 40.2 Å². The Kier molecular flexibility index (Phi) is 5.09. The molecule has 0 aliphatic carbocycles. The third-order valence-corrected chi connectivity index (χ3v) is 3.56. The van der Waals surface area contributed by atoms with Crippen molar-refractivity contribution in [2.75, 3.05) is 42.9 Å². The zero-order valence-electron chi connectivity index (χ0n) is 14.2. The molecule has 0 aromatic carbocycles. The van der Waals surface area contributed by atoms with Crippen molar-refractivity contribution in [1.82, 2.24) is 9.88 Å². The van der Waals surface area contributed by atoms with E-state index in [2.05, 4.69) is 61.9 Å². The average molecular weight is 290 g/mol. The minimum absolute atomic E-state index is 0.0432. The first-order chi connectivity index (χ1) is 9.83. The average Bonchev–Trinajstić information content (AvgIpc) is 2.37. The van der Waals surface area contributed by atoms with Crippen LogP contribution in [0.2, 0.25) is 0 Å². The lowest BCUT2D eigenvalue weighted by Crippen LogP contribution is -2.47. The molecule has 1 aliphatic rings. The van der Waals surface area contributed by atoms with Gasteiger partial charge in [0.15, 0.2) is 0 Å². The highest BCUT2D eigenvalue weighted by atomic mass is 15.3. The topological polar surface area (TPSA) is 31.4 Å². The van der Waals surface area contributed by atoms with Crippen molar-refractivity contribution in [3.05, 3.63) is 18.2 Å². The van der Waals surface area contributed by atoms with Gasteiger partial charge in [-0.15, -0.1) is 0 Å². The van der Waals surface area contributed by atoms with Crippen molar-refractivity contribution in [2.24, 2.45) is 5.92 Å². The lowest BCUT2D eigenvalue weighted by molar-refractivity contribution is 0.231. The van der Waals surface area contributed by atoms with Crippen LogP contribution in [0, 0.1) is 5.92 Å². The summed E-state index contributed by atoms with van der Waals surface area (Å²) in [6, 6.07) is 6.26. The van der Waals surface area contributed by atoms with Crippen LogP contribution < -0.4 is 10.2 Å². The summed E-state index contributed by atoms with van der Waals surface area (Å²) in [6.07, 6.45) is 0. The second kappa shape index (κ2) is 6.65. The Morgan fingerprint density at radius 2 is 1.81 bits per heavy atom. The number of anilines is 2. The summed E-state index contributed by atoms with van der Waals surface area (Å²) in [6.45, 7) is 16.7. The molecule has 0 atom stereocenters. The minimum Gasteiger partial charge on any atom is -0.365 e. The highest BCUT2D eigenvalue weighted by molar-refractivity contribution is 5.48. The van der Waals surface area contributed by atoms with Crippen molar-refractivity contribution >= 4 is 11.6 Å². The number of rotatable bonds is 4. The van der Waals surface area contributed by atoms with Crippen molar-refractivity contribution in [3.63, 3.8) is 0 Å². The molecular weight excluding hydrogens is 260 g/mol. The van der Waals surface area contributed by atoms with E-state index < -0.39 is 0 Å². The third kappa shape index (κ3) is 5.20. The molecule has 2 heterocycles. The molecule has 0 saturated carbocycles. The quantitative estimate of drug-likeness (QED) is 0.923. The maximum Gasteiger partial charge on any atom is 0.131 e. The van der Waals surface area contributed by atoms with Gasteiger partial charge in [0, 0.05) is 38.3 Å². The van der Waals surface area contributed by atoms with Crippen LogP contribution in [0.25, 0.3) is 0 Å². The molecular formula is C17H30N4. The van der Waals surface area contributed by atoms with E-state index in [0.29, 0.717) is 0 Å². The molecule has 0 bridgehead atoms. The van der Waals surface area contributed by atoms with Crippen molar-refractivity contribution < 1.29 is 0 Å². The number of nitrogens with one attached hydrogen (secondary N) is 1. The Morgan fingerprint density at radius 1 is 1.14 bits per heavy atom. The van der Waals surface area contributed by atoms with E-state index in [1.807, 2.05) is 6.07 Å². The number of aromatic nitrogens is 1. The fraction of sp³-hybridized carbons (Fsp3) is 0.706. The van der Waals surface area contributed by atoms with E-state index in [9.17, 15) is 0 Å². The molecule has 2 rings (SSSR count). The molecule has 1 fully saturated rings. The molecule has 0 radical (unpaired) electrons. The van der Waals surface area contributed by atoms with Crippen LogP contribution in [-0.4, -0.2) is 48.1 Å². The Bertz CT molecular complexity index is 442. The van der Waals surface area contributed by atoms with Crippen LogP contribution >= 0.6 is 0 Å². The molecule has 0 spiro atoms. The maximum absolute atomic E-state index is 4.76. The van der Waals surface area contributed by atoms with Gasteiger partial charge < -0.3 is 10.2 Å². The first-order valence-corrected chi connectivity index (χ1v) is 8.06. The summed E-state index contributed by atoms with van der Waals surface area (Å²) >= 11 is 0. The Balaban J connectivity index is 1.96. The van der Waals surface area contributed by atoms with Crippen LogP contribution in [0.1, 0.15) is 34.6 Å². The first-order valence-electron chi connectivity index (χ1n) is 8.06. The monoisotopic (exact) mass is 290 g/mol. The number of pyridine rings is 1. The van der Waals surface area contributed by atoms with E-state index in [0.717, 1.165) is 43.7 Å². The smallest absolute Gasteiger partial charge is 0.131 e. The number of hydrogen-bond donors (Lipinski definition) is 1. The number of nitrogens with zero attached hydrogens (tertiary/aromatic N) is 3. The predicted octanol–water partition coefficient (Wildman–Crippen LogP) is 3.07. The van der Waals surface area contributed by atoms with Crippen LogP contribution in [0.3, 0.4) is 0 Å². The van der Waals surface area contributed by atoms with E-state index in [1.54, 1.807) is 0 Å². The number of piperazine rings is 1. The summed E-state index contributed by atoms with van der Waals surface area (Å²) in [5.41, 5.74) is 0.0432. The molecule has 0 amide bonds. The Morgan fingerprint density at radius 3 is 2.38 bits per heavy atom. The molecule has 1 aromatic rings. The normalized spacial score (nSPS) is 17.3. The molecule has 118 valence electrons. The van der Waals surface area contributed by atoms with E-state index >= 15 is 0 Å². The van der Waals surface area contributed by atoms with Crippen LogP contribution in [0.4, 0.5) is 11.6 Å². The largest absolute Gasteiger partial charge is 0.365 e. The fourth-order valence-corrected chi connectivity index (χ4v) is 2.73. The first kappa shape index (κ1) is 16.1. The van der Waals surface area contributed by atoms with Crippen molar-refractivity contribution in [3.8, 4) is 0 Å². The van der Waals surface area contributed by atoms with Gasteiger partial charge in [0.25, 0.3) is 0 Å². The van der Waals surface area contributed by atoms with Gasteiger partial charge >= 0.3 is 0 Å². The number of hydrogen-bond acceptors (Lipinski definition) is 4. The lowest BCUT2D eigenvalue weighted by Gasteiger charge is -2.36. The maximum atomic E-state index is 4.76. The van der Waals surface area contributed by atoms with Crippen molar-refractivity contribution in [1.29, 1.82) is 0 Å². The molecule has 1 aromatic heterocycles. The highest BCUT2D eigenvalue weighted by Crippen LogP contribution is 2.19. The SMILES string of the molecule is CC(C)CN1CCN(c2cccc(NC(C)(C)C)n2)CC1. The predicted molar refractivity (Wildman–Crippen MR) is 91.1 cm³/mol. The van der Waals surface area contributed by atoms with Gasteiger partial charge in [-0.2, -0.15) is 0 Å². The van der Waals surface area contributed by atoms with Gasteiger partial charge in [0.1, 0.15) is 11.6 Å². The molecule has 0 unspecified atom stereocenters. The minimum atomic E-state index is 0.0432. The summed E-state index contributed by atoms with van der Waals surface area (Å²) < 4.78 is 0. The third-order valence-electron chi connectivity index (χ3n) is 3.56. The lowest BCUT2D eigenvalue weighted by atomic mass is 10.1. The molecule has 1 N–H and O–H groups in total. The Labute approximate surface area is 129 Å². The molecule has 1 aliphatic heterocycles. The molecule has 21 heavy (non-hydrogen) atoms. The molecule has 4 nitrogen and oxygen atoms in total. The van der Waals surface area contributed by atoms with Gasteiger partial charge in [0.05, 0.1) is 0 Å². The second-order valence-electron chi connectivity index (χ2n) is 7.44. The van der Waals surface area contributed by atoms with Gasteiger partial charge in [0.2, 0.25) is 0 Å². The second-order valence-corrected chi connectivity index (χ2v) is 7.44. The highest BCUT2D eigenvalue weighted by Gasteiger charge is 2.19. The Hall–Kier alpha value is -1.29. The van der Waals surface area contributed by atoms with E-state index in [-0.39, 0.29) is 5.54 Å². The van der Waals surface area contributed by atoms with Crippen LogP contribution in [0.5, 0.6) is 0 Å². The summed E-state index contributed by atoms with van der Waals surface area (Å²) in [5.74, 6) is 2.80. The van der Waals surface area contributed by atoms with E-state index in [4.69, 9.17) is 4.98 Å². The summed E-state index contributed by atoms with van der Waals surface area (Å²) in [7, 11) is 0. The van der Waals surface area contributed by atoms with Gasteiger partial charge in [-0.3, -0.25) is 4.90 Å². The zero-order valence-corrected chi connectivity index (χ0v) is 14.2. The molecule has 1 saturated heterocycles. The standard InChI is InChI=1S/C17H30N4/c1-14(2)13-20-9-11-21(12-10-20)16-8-6-7-15(18-16)19-17(3,4)5/h6-8,14H,9-13H2,1-5H3,(H,18,19). The van der Waals surface area contributed by atoms with E-state index in [1.165, 1.54) is 6.54 Å².